The van der Waals surface area contributed by atoms with Crippen LogP contribution >= 0.6 is 32.1 Å². The number of hydrogen-bond acceptors (Lipinski definition) is 4. The maximum Gasteiger partial charge on any atom is 0.172 e. The highest BCUT2D eigenvalue weighted by atomic mass is 127. The maximum absolute atomic E-state index is 6.73. The van der Waals surface area contributed by atoms with Gasteiger partial charge in [-0.3, -0.25) is 4.90 Å². The Bertz CT molecular complexity index is 2870. The zero-order valence-corrected chi connectivity index (χ0v) is 27.8. The quantitative estimate of drug-likeness (QED) is 0.124. The molecule has 0 saturated heterocycles. The smallest absolute Gasteiger partial charge is 0.172 e. The van der Waals surface area contributed by atoms with Gasteiger partial charge in [-0.05, 0) is 72.8 Å². The SMILES string of the molecule is c1ccc2c3c(ccc2c1)N(C1=Nc2c(oc4ccccc24)C(c2cccc4c2sc2ccccc24)=I1)c1cccc2cccc-3c12. The van der Waals surface area contributed by atoms with Gasteiger partial charge in [0.2, 0.25) is 0 Å². The summed E-state index contributed by atoms with van der Waals surface area (Å²) in [6.45, 7) is 0. The van der Waals surface area contributed by atoms with Crippen molar-refractivity contribution in [1.29, 1.82) is 0 Å². The molecule has 5 heteroatoms. The van der Waals surface area contributed by atoms with Crippen LogP contribution in [-0.2, 0) is 0 Å². The molecule has 0 spiro atoms. The number of benzene rings is 7. The molecular weight excluding hydrogens is 707 g/mol. The van der Waals surface area contributed by atoms with E-state index < -0.39 is 20.7 Å². The highest BCUT2D eigenvalue weighted by Gasteiger charge is 2.33. The third kappa shape index (κ3) is 3.61. The molecule has 0 fully saturated rings. The Morgan fingerprint density at radius 2 is 1.30 bits per heavy atom. The van der Waals surface area contributed by atoms with Crippen molar-refractivity contribution < 1.29 is 4.42 Å². The normalized spacial score (nSPS) is 13.9. The Balaban J connectivity index is 1.25. The fraction of sp³-hybridized carbons (Fsp3) is 0. The highest BCUT2D eigenvalue weighted by Crippen LogP contribution is 2.53. The lowest BCUT2D eigenvalue weighted by Crippen LogP contribution is -2.26. The first kappa shape index (κ1) is 26.0. The standard InChI is InChI=1S/C42H23IN2OS/c1-2-13-26-24(10-1)22-23-33-37(26)30-17-7-11-25-12-8-19-32(36(25)30)45(33)42-43-38(40-39(44-42)29-15-3-5-20-34(29)46-40)31-18-9-16-28-27-14-4-6-21-35(27)47-41(28)31/h1-23H. The number of hydrogen-bond donors (Lipinski definition) is 0. The van der Waals surface area contributed by atoms with Gasteiger partial charge in [-0.15, -0.1) is 11.3 Å². The average molecular weight is 731 g/mol. The van der Waals surface area contributed by atoms with E-state index in [4.69, 9.17) is 9.41 Å². The number of amidine groups is 1. The molecule has 0 bridgehead atoms. The van der Waals surface area contributed by atoms with Gasteiger partial charge in [0.15, 0.2) is 9.60 Å². The van der Waals surface area contributed by atoms with Crippen molar-refractivity contribution in [3.05, 3.63) is 151 Å². The molecule has 0 amide bonds. The predicted octanol–water partition coefficient (Wildman–Crippen LogP) is 12.5. The van der Waals surface area contributed by atoms with E-state index in [0.717, 1.165) is 26.3 Å². The van der Waals surface area contributed by atoms with E-state index >= 15 is 0 Å². The fourth-order valence-corrected chi connectivity index (χ4v) is 11.9. The number of anilines is 2. The van der Waals surface area contributed by atoms with Gasteiger partial charge in [0, 0.05) is 42.1 Å². The summed E-state index contributed by atoms with van der Waals surface area (Å²) in [6, 6.07) is 50.6. The second-order valence-electron chi connectivity index (χ2n) is 12.0. The number of fused-ring (bicyclic) bond motifs is 10. The summed E-state index contributed by atoms with van der Waals surface area (Å²) >= 11 is 1.09. The van der Waals surface area contributed by atoms with Crippen LogP contribution in [0.2, 0.25) is 0 Å². The average Bonchev–Trinajstić information content (AvgIpc) is 3.70. The maximum atomic E-state index is 6.73. The zero-order valence-electron chi connectivity index (χ0n) is 24.9. The molecule has 220 valence electrons. The molecule has 2 aliphatic heterocycles. The van der Waals surface area contributed by atoms with Crippen LogP contribution in [0.4, 0.5) is 17.1 Å². The van der Waals surface area contributed by atoms with Gasteiger partial charge in [0.05, 0.1) is 14.9 Å². The van der Waals surface area contributed by atoms with Crippen LogP contribution in [-0.4, -0.2) is 7.35 Å². The molecule has 4 heterocycles. The minimum Gasteiger partial charge on any atom is -0.453 e. The Hall–Kier alpha value is -5.11. The van der Waals surface area contributed by atoms with Crippen molar-refractivity contribution in [2.45, 2.75) is 0 Å². The van der Waals surface area contributed by atoms with Crippen LogP contribution in [0.25, 0.3) is 63.8 Å². The first-order chi connectivity index (χ1) is 23.3. The van der Waals surface area contributed by atoms with E-state index in [-0.39, 0.29) is 0 Å². The molecule has 2 aliphatic rings. The largest absolute Gasteiger partial charge is 0.453 e. The van der Waals surface area contributed by atoms with Crippen LogP contribution in [0.5, 0.6) is 0 Å². The summed E-state index contributed by atoms with van der Waals surface area (Å²) < 4.78 is 11.7. The van der Waals surface area contributed by atoms with Gasteiger partial charge in [-0.1, -0.05) is 109 Å². The second kappa shape index (κ2) is 9.70. The van der Waals surface area contributed by atoms with Gasteiger partial charge in [0.25, 0.3) is 0 Å². The van der Waals surface area contributed by atoms with Crippen molar-refractivity contribution in [1.82, 2.24) is 0 Å². The lowest BCUT2D eigenvalue weighted by atomic mass is 9.88. The van der Waals surface area contributed by atoms with Gasteiger partial charge in [-0.2, -0.15) is 0 Å². The minimum absolute atomic E-state index is 0.792. The van der Waals surface area contributed by atoms with Crippen LogP contribution in [0.3, 0.4) is 0 Å². The molecule has 47 heavy (non-hydrogen) atoms. The third-order valence-corrected chi connectivity index (χ3v) is 13.6. The van der Waals surface area contributed by atoms with E-state index in [9.17, 15) is 0 Å². The Kier molecular flexibility index (Phi) is 5.37. The Morgan fingerprint density at radius 3 is 2.23 bits per heavy atom. The molecule has 0 unspecified atom stereocenters. The van der Waals surface area contributed by atoms with E-state index in [1.165, 1.54) is 73.3 Å². The molecule has 0 aliphatic carbocycles. The summed E-state index contributed by atoms with van der Waals surface area (Å²) in [5, 5.41) is 8.69. The summed E-state index contributed by atoms with van der Waals surface area (Å²) in [5.41, 5.74) is 8.00. The van der Waals surface area contributed by atoms with Crippen LogP contribution in [0.1, 0.15) is 11.3 Å². The lowest BCUT2D eigenvalue weighted by Gasteiger charge is -2.34. The summed E-state index contributed by atoms with van der Waals surface area (Å²) in [7, 11) is 0. The van der Waals surface area contributed by atoms with Gasteiger partial charge < -0.3 is 4.42 Å². The fourth-order valence-electron chi connectivity index (χ4n) is 7.49. The first-order valence-corrected chi connectivity index (χ1v) is 18.7. The number of para-hydroxylation sites is 1. The number of halogens is 1. The lowest BCUT2D eigenvalue weighted by molar-refractivity contribution is 0.608. The molecular formula is C42H23IN2OS. The van der Waals surface area contributed by atoms with Gasteiger partial charge in [-0.25, -0.2) is 4.99 Å². The summed E-state index contributed by atoms with van der Waals surface area (Å²) in [4.78, 5) is 8.05. The Morgan fingerprint density at radius 1 is 0.574 bits per heavy atom. The number of furan rings is 1. The molecule has 3 nitrogen and oxygen atoms in total. The number of thiophene rings is 1. The van der Waals surface area contributed by atoms with Crippen molar-refractivity contribution >= 4 is 109 Å². The van der Waals surface area contributed by atoms with Gasteiger partial charge in [0.1, 0.15) is 11.3 Å². The van der Waals surface area contributed by atoms with Crippen molar-refractivity contribution in [2.75, 3.05) is 4.90 Å². The third-order valence-electron chi connectivity index (χ3n) is 9.52. The van der Waals surface area contributed by atoms with E-state index in [1.54, 1.807) is 0 Å². The first-order valence-electron chi connectivity index (χ1n) is 15.7. The number of rotatable bonds is 1. The highest BCUT2D eigenvalue weighted by molar-refractivity contribution is 14.2. The van der Waals surface area contributed by atoms with Crippen LogP contribution in [0, 0.1) is 0 Å². The molecule has 2 aromatic heterocycles. The molecule has 0 radical (unpaired) electrons. The van der Waals surface area contributed by atoms with E-state index in [0.29, 0.717) is 0 Å². The topological polar surface area (TPSA) is 28.7 Å². The van der Waals surface area contributed by atoms with E-state index in [1.807, 2.05) is 17.4 Å². The summed E-state index contributed by atoms with van der Waals surface area (Å²) in [5.74, 6) is 0.919. The molecule has 11 rings (SSSR count). The monoisotopic (exact) mass is 730 g/mol. The zero-order chi connectivity index (χ0) is 30.6. The van der Waals surface area contributed by atoms with Crippen LogP contribution < -0.4 is 4.90 Å². The van der Waals surface area contributed by atoms with Crippen molar-refractivity contribution in [3.8, 4) is 11.1 Å². The molecule has 0 atom stereocenters. The molecule has 7 aromatic carbocycles. The van der Waals surface area contributed by atoms with E-state index in [2.05, 4.69) is 138 Å². The van der Waals surface area contributed by atoms with Crippen LogP contribution in [0.15, 0.2) is 149 Å². The molecule has 9 aromatic rings. The van der Waals surface area contributed by atoms with Crippen molar-refractivity contribution in [3.63, 3.8) is 0 Å². The molecule has 0 N–H and O–H groups in total. The van der Waals surface area contributed by atoms with Crippen molar-refractivity contribution in [2.24, 2.45) is 4.99 Å². The summed E-state index contributed by atoms with van der Waals surface area (Å²) in [6.07, 6.45) is 0. The minimum atomic E-state index is -0.792. The predicted molar refractivity (Wildman–Crippen MR) is 209 cm³/mol. The number of aliphatic imine (C=N–C) groups is 1. The second-order valence-corrected chi connectivity index (χ2v) is 15.7. The van der Waals surface area contributed by atoms with Gasteiger partial charge >= 0.3 is 0 Å². The Labute approximate surface area is 283 Å². The molecule has 0 saturated carbocycles. The number of nitrogens with zero attached hydrogens (tertiary/aromatic N) is 2.